The van der Waals surface area contributed by atoms with Crippen LogP contribution in [0.2, 0.25) is 0 Å². The van der Waals surface area contributed by atoms with E-state index in [2.05, 4.69) is 172 Å². The van der Waals surface area contributed by atoms with E-state index in [0.717, 1.165) is 220 Å². The minimum atomic E-state index is -0.596. The number of H-pyrrole nitrogens is 2. The van der Waals surface area contributed by atoms with E-state index in [1.54, 1.807) is 6.92 Å². The average Bonchev–Trinajstić information content (AvgIpc) is 1.63. The van der Waals surface area contributed by atoms with E-state index in [4.69, 9.17) is 47.2 Å². The number of pyridine rings is 2. The zero-order chi connectivity index (χ0) is 97.3. The molecule has 730 valence electrons. The number of aliphatic hydroxyl groups is 2. The maximum absolute atomic E-state index is 13.8. The minimum Gasteiger partial charge on any atom is -0.466 e. The minimum absolute atomic E-state index is 0.0844. The third-order valence-corrected chi connectivity index (χ3v) is 28.6. The highest BCUT2D eigenvalue weighted by molar-refractivity contribution is 9.11. The number of hydrogen-bond acceptors (Lipinski definition) is 20. The summed E-state index contributed by atoms with van der Waals surface area (Å²) in [6, 6.07) is 44.8. The highest BCUT2D eigenvalue weighted by atomic mass is 79.9. The third-order valence-electron chi connectivity index (χ3n) is 26.4. The number of alkyl halides is 2. The number of aromatic nitrogens is 2. The molecule has 134 heavy (non-hydrogen) atoms. The lowest BCUT2D eigenvalue weighted by molar-refractivity contribution is -0.154. The van der Waals surface area contributed by atoms with E-state index < -0.39 is 23.7 Å². The molecule has 6 aromatic carbocycles. The van der Waals surface area contributed by atoms with Crippen molar-refractivity contribution < 1.29 is 76.6 Å². The van der Waals surface area contributed by atoms with Crippen LogP contribution in [0, 0.1) is 41.5 Å². The molecular formula is C104H138BBr5N6O18. The zero-order valence-corrected chi connectivity index (χ0v) is 88.4. The Morgan fingerprint density at radius 3 is 1.25 bits per heavy atom. The Morgan fingerprint density at radius 1 is 0.478 bits per heavy atom. The Kier molecular flexibility index (Phi) is 44.3. The summed E-state index contributed by atoms with van der Waals surface area (Å²) in [6.45, 7) is 39.1. The predicted octanol–water partition coefficient (Wildman–Crippen LogP) is 18.4. The lowest BCUT2D eigenvalue weighted by Crippen LogP contribution is -2.42. The van der Waals surface area contributed by atoms with Crippen LogP contribution in [0.3, 0.4) is 0 Å². The maximum atomic E-state index is 13.8. The number of ether oxygens (including phenoxy) is 8. The summed E-state index contributed by atoms with van der Waals surface area (Å²) < 4.78 is 58.5. The van der Waals surface area contributed by atoms with Crippen LogP contribution in [0.25, 0.3) is 11.1 Å². The number of nitrogens with zero attached hydrogens (tertiary/aromatic N) is 2. The summed E-state index contributed by atoms with van der Waals surface area (Å²) in [5.41, 5.74) is 14.3. The number of benzene rings is 6. The van der Waals surface area contributed by atoms with Crippen LogP contribution in [-0.4, -0.2) is 204 Å². The molecule has 14 rings (SSSR count). The number of aryl methyl sites for hydroxylation is 4. The SMILES string of the molecule is BrCCOCCBr.CCN(c1cc(-c2ccc(C3(CO)CCOCC3)cc2)cc(C(=O)NCc2c(C)cc(C)[nH]c2=O)c1C)C1CCOCC1.CCN(c1cc(B2OC(C)(C)C(C)(C)O2)cc(C(=O)NCc2c(C)cc(C)[nH]c2=O)c1C)C1CCOCC1.CCOC(=O)C1(c2ccc(Br)cc2)CCOCC1.CCOC(=O)Cc1ccc(Br)cc1.OCC1(c2ccc(Br)cc2)CCOCC1. The highest BCUT2D eigenvalue weighted by Crippen LogP contribution is 2.42. The van der Waals surface area contributed by atoms with E-state index >= 15 is 0 Å². The van der Waals surface area contributed by atoms with Gasteiger partial charge in [0.25, 0.3) is 22.9 Å². The maximum Gasteiger partial charge on any atom is 0.494 e. The molecule has 6 N–H and O–H groups in total. The number of rotatable bonds is 28. The van der Waals surface area contributed by atoms with Crippen molar-refractivity contribution in [3.63, 3.8) is 0 Å². The van der Waals surface area contributed by atoms with Gasteiger partial charge in [-0.1, -0.05) is 140 Å². The number of amides is 2. The Hall–Kier alpha value is -7.24. The summed E-state index contributed by atoms with van der Waals surface area (Å²) in [6.07, 6.45) is 8.88. The standard InChI is InChI=1S/C35H45N3O5.C29H42BN3O5.C14H17BrO3.C12H15BrO2.C10H11BrO2.C4H8Br2O/c1-5-38(29-10-14-42-15-11-29)32-20-27(26-6-8-28(9-7-26)35(22-39)12-16-43-17-13-35)19-30(25(32)4)33(40)36-21-31-23(2)18-24(3)37-34(31)41;1-9-33(22-10-12-36-13-11-22)25-16-21(30-37-28(5,6)29(7,8)38-30)15-23(20(25)4)26(34)31-17-24-18(2)14-19(3)32-27(24)35;1-2-18-13(16)14(7-9-17-10-8-14)11-3-5-12(15)6-4-11;13-11-3-1-10(2-4-11)12(9-14)5-7-15-8-6-12;1-2-13-10(12)7-8-3-5-9(11)6-4-8;5-1-3-7-4-2-6/h6-9,18-20,29,39H,5,10-17,21-22H2,1-4H3,(H,36,40)(H,37,41);14-16,22H,9-13,17H2,1-8H3,(H,31,34)(H,32,35);3-6H,2,7-10H2,1H3;1-4,14H,5-9H2;3-6H,2,7H2,1H3;1-4H2. The van der Waals surface area contributed by atoms with Crippen molar-refractivity contribution in [2.75, 3.05) is 139 Å². The van der Waals surface area contributed by atoms with Gasteiger partial charge in [-0.25, -0.2) is 0 Å². The molecule has 0 spiro atoms. The molecule has 8 aromatic rings. The van der Waals surface area contributed by atoms with E-state index in [9.17, 15) is 39.0 Å². The summed E-state index contributed by atoms with van der Waals surface area (Å²) in [5.74, 6) is -0.744. The topological polar surface area (TPSA) is 297 Å². The number of carbonyl (C=O) groups excluding carboxylic acids is 4. The first-order valence-electron chi connectivity index (χ1n) is 46.8. The molecule has 0 radical (unpaired) electrons. The van der Waals surface area contributed by atoms with Gasteiger partial charge < -0.3 is 87.8 Å². The number of aliphatic hydroxyl groups excluding tert-OH is 2. The molecule has 0 unspecified atom stereocenters. The molecule has 6 fully saturated rings. The predicted molar refractivity (Wildman–Crippen MR) is 550 cm³/mol. The van der Waals surface area contributed by atoms with Crippen LogP contribution in [0.15, 0.2) is 156 Å². The number of esters is 2. The fourth-order valence-electron chi connectivity index (χ4n) is 17.7. The molecule has 0 aliphatic carbocycles. The lowest BCUT2D eigenvalue weighted by Gasteiger charge is -2.37. The second kappa shape index (κ2) is 53.8. The average molecular weight is 2170 g/mol. The van der Waals surface area contributed by atoms with Crippen LogP contribution < -0.4 is 37.0 Å². The van der Waals surface area contributed by atoms with Gasteiger partial charge >= 0.3 is 19.1 Å². The molecule has 2 amide bonds. The molecule has 6 saturated heterocycles. The van der Waals surface area contributed by atoms with Crippen LogP contribution in [0.5, 0.6) is 0 Å². The summed E-state index contributed by atoms with van der Waals surface area (Å²) in [7, 11) is -0.596. The van der Waals surface area contributed by atoms with Gasteiger partial charge in [0, 0.05) is 184 Å². The van der Waals surface area contributed by atoms with Gasteiger partial charge in [0.2, 0.25) is 0 Å². The van der Waals surface area contributed by atoms with Crippen LogP contribution in [0.4, 0.5) is 11.4 Å². The van der Waals surface area contributed by atoms with Crippen molar-refractivity contribution in [3.8, 4) is 11.1 Å². The molecular weight excluding hydrogens is 2030 g/mol. The largest absolute Gasteiger partial charge is 0.494 e. The Balaban J connectivity index is 0.000000198. The highest BCUT2D eigenvalue weighted by Gasteiger charge is 2.52. The molecule has 8 heterocycles. The van der Waals surface area contributed by atoms with E-state index in [1.807, 2.05) is 161 Å². The quantitative estimate of drug-likeness (QED) is 0.0115. The monoisotopic (exact) mass is 2160 g/mol. The number of anilines is 2. The van der Waals surface area contributed by atoms with Crippen molar-refractivity contribution in [1.29, 1.82) is 0 Å². The molecule has 2 aromatic heterocycles. The second-order valence-corrected chi connectivity index (χ2v) is 40.0. The molecule has 0 bridgehead atoms. The van der Waals surface area contributed by atoms with Crippen LogP contribution in [-0.2, 0) is 92.5 Å². The van der Waals surface area contributed by atoms with Crippen molar-refractivity contribution in [2.24, 2.45) is 0 Å². The first-order chi connectivity index (χ1) is 64.2. The smallest absolute Gasteiger partial charge is 0.466 e. The first kappa shape index (κ1) is 110. The molecule has 30 heteroatoms. The first-order valence-corrected chi connectivity index (χ1v) is 51.5. The number of aromatic amines is 2. The van der Waals surface area contributed by atoms with E-state index in [1.165, 1.54) is 5.56 Å². The number of nitrogens with one attached hydrogen (secondary N) is 4. The Labute approximate surface area is 834 Å². The summed E-state index contributed by atoms with van der Waals surface area (Å²) in [4.78, 5) is 86.4. The molecule has 6 aliphatic rings. The lowest BCUT2D eigenvalue weighted by atomic mass is 9.74. The zero-order valence-electron chi connectivity index (χ0n) is 80.5. The third kappa shape index (κ3) is 30.2. The second-order valence-electron chi connectivity index (χ2n) is 35.7. The fourth-order valence-corrected chi connectivity index (χ4v) is 19.0. The van der Waals surface area contributed by atoms with Crippen molar-refractivity contribution >= 4 is 127 Å². The van der Waals surface area contributed by atoms with Gasteiger partial charge in [-0.2, -0.15) is 0 Å². The Bertz CT molecular complexity index is 5170. The molecule has 24 nitrogen and oxygen atoms in total. The normalized spacial score (nSPS) is 17.0. The van der Waals surface area contributed by atoms with Gasteiger partial charge in [0.1, 0.15) is 0 Å². The van der Waals surface area contributed by atoms with Crippen molar-refractivity contribution in [3.05, 3.63) is 246 Å². The van der Waals surface area contributed by atoms with Gasteiger partial charge in [-0.05, 0) is 295 Å². The van der Waals surface area contributed by atoms with E-state index in [-0.39, 0.29) is 72.0 Å². The van der Waals surface area contributed by atoms with Crippen molar-refractivity contribution in [1.82, 2.24) is 20.6 Å². The van der Waals surface area contributed by atoms with Crippen LogP contribution >= 0.6 is 79.6 Å². The Morgan fingerprint density at radius 2 is 0.858 bits per heavy atom. The molecule has 0 atom stereocenters. The van der Waals surface area contributed by atoms with E-state index in [0.29, 0.717) is 93.2 Å². The van der Waals surface area contributed by atoms with Gasteiger partial charge in [-0.15, -0.1) is 0 Å². The number of carbonyl (C=O) groups is 4. The molecule has 0 saturated carbocycles. The number of halogens is 5. The fraction of sp³-hybridized carbons (Fsp3) is 0.519. The van der Waals surface area contributed by atoms with Crippen LogP contribution in [0.1, 0.15) is 207 Å². The molecule has 6 aliphatic heterocycles. The van der Waals surface area contributed by atoms with Gasteiger partial charge in [0.05, 0.1) is 62.7 Å². The van der Waals surface area contributed by atoms with Gasteiger partial charge in [0.15, 0.2) is 0 Å². The summed E-state index contributed by atoms with van der Waals surface area (Å²) in [5, 5.41) is 27.8. The summed E-state index contributed by atoms with van der Waals surface area (Å²) >= 11 is 16.6. The van der Waals surface area contributed by atoms with Gasteiger partial charge in [-0.3, -0.25) is 28.8 Å². The number of hydrogen-bond donors (Lipinski definition) is 6. The van der Waals surface area contributed by atoms with Crippen molar-refractivity contribution in [2.45, 2.75) is 220 Å².